The number of pyridine rings is 1. The van der Waals surface area contributed by atoms with E-state index in [9.17, 15) is 9.59 Å². The summed E-state index contributed by atoms with van der Waals surface area (Å²) in [5.41, 5.74) is 0.448. The highest BCUT2D eigenvalue weighted by molar-refractivity contribution is 5.69. The third-order valence-electron chi connectivity index (χ3n) is 3.53. The summed E-state index contributed by atoms with van der Waals surface area (Å²) in [6, 6.07) is 3.80. The van der Waals surface area contributed by atoms with Gasteiger partial charge in [-0.15, -0.1) is 0 Å². The molecule has 0 aromatic carbocycles. The number of esters is 1. The predicted octanol–water partition coefficient (Wildman–Crippen LogP) is 3.94. The van der Waals surface area contributed by atoms with E-state index in [1.54, 1.807) is 17.3 Å². The van der Waals surface area contributed by atoms with Crippen LogP contribution in [0.25, 0.3) is 0 Å². The fraction of sp³-hybridized carbons (Fsp3) is 0.632. The molecule has 0 aliphatic heterocycles. The fourth-order valence-electron chi connectivity index (χ4n) is 2.30. The summed E-state index contributed by atoms with van der Waals surface area (Å²) in [6.45, 7) is 6.67. The van der Waals surface area contributed by atoms with Gasteiger partial charge in [-0.3, -0.25) is 9.78 Å². The molecule has 0 fully saturated rings. The van der Waals surface area contributed by atoms with Gasteiger partial charge in [0.25, 0.3) is 0 Å². The van der Waals surface area contributed by atoms with E-state index in [1.165, 1.54) is 7.11 Å². The van der Waals surface area contributed by atoms with E-state index in [2.05, 4.69) is 9.72 Å². The van der Waals surface area contributed by atoms with Gasteiger partial charge < -0.3 is 14.4 Å². The number of nitrogens with zero attached hydrogens (tertiary/aromatic N) is 2. The molecule has 1 aromatic heterocycles. The topological polar surface area (TPSA) is 68.7 Å². The first-order valence-electron chi connectivity index (χ1n) is 8.75. The van der Waals surface area contributed by atoms with Gasteiger partial charge in [0.2, 0.25) is 0 Å². The number of carbonyl (C=O) groups is 2. The Morgan fingerprint density at radius 3 is 2.48 bits per heavy atom. The molecule has 0 radical (unpaired) electrons. The van der Waals surface area contributed by atoms with Crippen LogP contribution in [0.3, 0.4) is 0 Å². The molecule has 0 aliphatic carbocycles. The minimum Gasteiger partial charge on any atom is -0.469 e. The molecule has 140 valence electrons. The molecule has 1 heterocycles. The Kier molecular flexibility index (Phi) is 8.95. The maximum atomic E-state index is 12.4. The summed E-state index contributed by atoms with van der Waals surface area (Å²) in [4.78, 5) is 29.3. The third-order valence-corrected chi connectivity index (χ3v) is 3.53. The third kappa shape index (κ3) is 9.69. The van der Waals surface area contributed by atoms with Crippen molar-refractivity contribution in [2.45, 2.75) is 65.0 Å². The highest BCUT2D eigenvalue weighted by Gasteiger charge is 2.22. The van der Waals surface area contributed by atoms with Crippen molar-refractivity contribution in [2.24, 2.45) is 0 Å². The molecule has 0 aliphatic rings. The summed E-state index contributed by atoms with van der Waals surface area (Å²) < 4.78 is 10.1. The highest BCUT2D eigenvalue weighted by Crippen LogP contribution is 2.14. The van der Waals surface area contributed by atoms with Gasteiger partial charge >= 0.3 is 12.1 Å². The van der Waals surface area contributed by atoms with Crippen molar-refractivity contribution < 1.29 is 19.1 Å². The largest absolute Gasteiger partial charge is 0.469 e. The van der Waals surface area contributed by atoms with Crippen LogP contribution in [0.15, 0.2) is 24.5 Å². The van der Waals surface area contributed by atoms with E-state index in [0.29, 0.717) is 19.5 Å². The Bertz CT molecular complexity index is 526. The lowest BCUT2D eigenvalue weighted by Gasteiger charge is -2.27. The second kappa shape index (κ2) is 10.7. The van der Waals surface area contributed by atoms with E-state index in [1.807, 2.05) is 32.9 Å². The molecule has 0 saturated carbocycles. The number of rotatable bonds is 9. The summed E-state index contributed by atoms with van der Waals surface area (Å²) in [5.74, 6) is -0.174. The second-order valence-electron chi connectivity index (χ2n) is 7.00. The summed E-state index contributed by atoms with van der Waals surface area (Å²) in [7, 11) is 1.40. The molecule has 0 atom stereocenters. The van der Waals surface area contributed by atoms with Gasteiger partial charge in [-0.25, -0.2) is 4.79 Å². The number of amides is 1. The van der Waals surface area contributed by atoms with E-state index in [-0.39, 0.29) is 12.1 Å². The number of methoxy groups -OCH3 is 1. The Labute approximate surface area is 150 Å². The standard InChI is InChI=1S/C19H30N2O4/c1-19(2,3)25-18(23)21(15-16-10-9-12-20-14-16)13-8-6-5-7-11-17(22)24-4/h9-10,12,14H,5-8,11,13,15H2,1-4H3. The maximum absolute atomic E-state index is 12.4. The average molecular weight is 350 g/mol. The van der Waals surface area contributed by atoms with Gasteiger partial charge in [-0.1, -0.05) is 18.9 Å². The van der Waals surface area contributed by atoms with Crippen molar-refractivity contribution in [2.75, 3.05) is 13.7 Å². The van der Waals surface area contributed by atoms with Gasteiger partial charge in [0.15, 0.2) is 0 Å². The van der Waals surface area contributed by atoms with E-state index in [4.69, 9.17) is 4.74 Å². The molecule has 1 aromatic rings. The summed E-state index contributed by atoms with van der Waals surface area (Å²) in [5, 5.41) is 0. The smallest absolute Gasteiger partial charge is 0.410 e. The van der Waals surface area contributed by atoms with Gasteiger partial charge in [0.1, 0.15) is 5.60 Å². The number of carbonyl (C=O) groups excluding carboxylic acids is 2. The Hall–Kier alpha value is -2.11. The van der Waals surface area contributed by atoms with Crippen molar-refractivity contribution in [1.29, 1.82) is 0 Å². The number of hydrogen-bond acceptors (Lipinski definition) is 5. The van der Waals surface area contributed by atoms with Gasteiger partial charge in [0, 0.05) is 25.4 Å². The predicted molar refractivity (Wildman–Crippen MR) is 96.0 cm³/mol. The molecule has 0 bridgehead atoms. The minimum absolute atomic E-state index is 0.174. The van der Waals surface area contributed by atoms with Crippen LogP contribution in [0.1, 0.15) is 58.4 Å². The van der Waals surface area contributed by atoms with Gasteiger partial charge in [-0.05, 0) is 45.2 Å². The molecule has 0 unspecified atom stereocenters. The first-order chi connectivity index (χ1) is 11.8. The van der Waals surface area contributed by atoms with Crippen molar-refractivity contribution in [3.63, 3.8) is 0 Å². The monoisotopic (exact) mass is 350 g/mol. The Morgan fingerprint density at radius 2 is 1.88 bits per heavy atom. The first kappa shape index (κ1) is 20.9. The molecule has 1 amide bonds. The van der Waals surface area contributed by atoms with Crippen molar-refractivity contribution in [3.8, 4) is 0 Å². The minimum atomic E-state index is -0.523. The van der Waals surface area contributed by atoms with E-state index in [0.717, 1.165) is 31.2 Å². The number of unbranched alkanes of at least 4 members (excludes halogenated alkanes) is 3. The van der Waals surface area contributed by atoms with Crippen LogP contribution >= 0.6 is 0 Å². The van der Waals surface area contributed by atoms with Gasteiger partial charge in [-0.2, -0.15) is 0 Å². The lowest BCUT2D eigenvalue weighted by atomic mass is 10.1. The summed E-state index contributed by atoms with van der Waals surface area (Å²) >= 11 is 0. The van der Waals surface area contributed by atoms with Crippen LogP contribution in [0, 0.1) is 0 Å². The van der Waals surface area contributed by atoms with Crippen LogP contribution in [0.2, 0.25) is 0 Å². The normalized spacial score (nSPS) is 11.0. The lowest BCUT2D eigenvalue weighted by molar-refractivity contribution is -0.140. The molecule has 6 nitrogen and oxygen atoms in total. The molecular weight excluding hydrogens is 320 g/mol. The van der Waals surface area contributed by atoms with Crippen molar-refractivity contribution in [1.82, 2.24) is 9.88 Å². The summed E-state index contributed by atoms with van der Waals surface area (Å²) in [6.07, 6.45) is 7.15. The first-order valence-corrected chi connectivity index (χ1v) is 8.75. The van der Waals surface area contributed by atoms with Crippen molar-refractivity contribution in [3.05, 3.63) is 30.1 Å². The average Bonchev–Trinajstić information content (AvgIpc) is 2.55. The van der Waals surface area contributed by atoms with Crippen LogP contribution < -0.4 is 0 Å². The molecule has 6 heteroatoms. The zero-order chi connectivity index (χ0) is 18.7. The van der Waals surface area contributed by atoms with Crippen LogP contribution in [0.4, 0.5) is 4.79 Å². The molecule has 0 N–H and O–H groups in total. The number of hydrogen-bond donors (Lipinski definition) is 0. The van der Waals surface area contributed by atoms with E-state index < -0.39 is 5.60 Å². The van der Waals surface area contributed by atoms with Crippen LogP contribution in [-0.4, -0.2) is 41.2 Å². The molecule has 0 spiro atoms. The van der Waals surface area contributed by atoms with E-state index >= 15 is 0 Å². The second-order valence-corrected chi connectivity index (χ2v) is 7.00. The molecule has 1 rings (SSSR count). The fourth-order valence-corrected chi connectivity index (χ4v) is 2.30. The number of ether oxygens (including phenoxy) is 2. The molecule has 0 saturated heterocycles. The Balaban J connectivity index is 2.48. The zero-order valence-corrected chi connectivity index (χ0v) is 15.8. The SMILES string of the molecule is COC(=O)CCCCCCN(Cc1cccnc1)C(=O)OC(C)(C)C. The highest BCUT2D eigenvalue weighted by atomic mass is 16.6. The van der Waals surface area contributed by atoms with Crippen molar-refractivity contribution >= 4 is 12.1 Å². The number of aromatic nitrogens is 1. The quantitative estimate of drug-likeness (QED) is 0.498. The maximum Gasteiger partial charge on any atom is 0.410 e. The lowest BCUT2D eigenvalue weighted by Crippen LogP contribution is -2.37. The Morgan fingerprint density at radius 1 is 1.16 bits per heavy atom. The van der Waals surface area contributed by atoms with Crippen LogP contribution in [0.5, 0.6) is 0 Å². The molecular formula is C19H30N2O4. The zero-order valence-electron chi connectivity index (χ0n) is 15.8. The molecule has 25 heavy (non-hydrogen) atoms. The van der Waals surface area contributed by atoms with Crippen LogP contribution in [-0.2, 0) is 20.8 Å². The van der Waals surface area contributed by atoms with Gasteiger partial charge in [0.05, 0.1) is 13.7 Å².